The number of carbonyl (C=O) groups is 3. The third-order valence-electron chi connectivity index (χ3n) is 8.00. The molecule has 3 N–H and O–H groups in total. The van der Waals surface area contributed by atoms with Gasteiger partial charge in [0.05, 0.1) is 18.1 Å². The molecule has 8 atom stereocenters. The number of alkyl carbamates (subject to hydrolysis) is 3. The van der Waals surface area contributed by atoms with E-state index in [-0.39, 0.29) is 24.7 Å². The SMILES string of the molecule is CO[C@@H]1OC(COC(=O)N[C@@H](C)c2ccccc2)[C@@H](C)[C@H](OC(=O)N[C@H](C)c2ccccc2)C1OC(=O)N[C@H](C)c1ccccc1. The summed E-state index contributed by atoms with van der Waals surface area (Å²) in [6, 6.07) is 27.3. The average Bonchev–Trinajstić information content (AvgIpc) is 3.07. The van der Waals surface area contributed by atoms with E-state index in [0.717, 1.165) is 16.7 Å². The van der Waals surface area contributed by atoms with Crippen LogP contribution in [0, 0.1) is 5.92 Å². The van der Waals surface area contributed by atoms with Gasteiger partial charge < -0.3 is 39.6 Å². The zero-order chi connectivity index (χ0) is 33.1. The second-order valence-electron chi connectivity index (χ2n) is 11.3. The van der Waals surface area contributed by atoms with Gasteiger partial charge in [0.1, 0.15) is 12.7 Å². The number of hydrogen-bond acceptors (Lipinski definition) is 8. The molecule has 4 rings (SSSR count). The largest absolute Gasteiger partial charge is 0.447 e. The van der Waals surface area contributed by atoms with Crippen LogP contribution in [-0.4, -0.2) is 56.6 Å². The lowest BCUT2D eigenvalue weighted by atomic mass is 9.90. The molecule has 3 amide bonds. The molecule has 1 heterocycles. The zero-order valence-corrected chi connectivity index (χ0v) is 26.8. The molecular formula is C35H43N3O8. The number of ether oxygens (including phenoxy) is 5. The number of amides is 3. The molecule has 3 aromatic rings. The van der Waals surface area contributed by atoms with E-state index in [9.17, 15) is 14.4 Å². The van der Waals surface area contributed by atoms with Gasteiger partial charge in [-0.15, -0.1) is 0 Å². The minimum absolute atomic E-state index is 0.166. The Morgan fingerprint density at radius 2 is 1.04 bits per heavy atom. The van der Waals surface area contributed by atoms with Gasteiger partial charge in [-0.3, -0.25) is 0 Å². The molecule has 1 aliphatic rings. The first-order valence-electron chi connectivity index (χ1n) is 15.4. The van der Waals surface area contributed by atoms with Crippen molar-refractivity contribution in [1.82, 2.24) is 16.0 Å². The molecule has 46 heavy (non-hydrogen) atoms. The van der Waals surface area contributed by atoms with Crippen molar-refractivity contribution < 1.29 is 38.1 Å². The highest BCUT2D eigenvalue weighted by Crippen LogP contribution is 2.32. The van der Waals surface area contributed by atoms with Gasteiger partial charge >= 0.3 is 18.3 Å². The first-order valence-corrected chi connectivity index (χ1v) is 15.4. The van der Waals surface area contributed by atoms with Crippen molar-refractivity contribution in [2.45, 2.75) is 70.4 Å². The molecule has 0 spiro atoms. The Kier molecular flexibility index (Phi) is 12.4. The molecule has 0 bridgehead atoms. The fraction of sp³-hybridized carbons (Fsp3) is 0.400. The number of hydrogen-bond donors (Lipinski definition) is 3. The molecular weight excluding hydrogens is 590 g/mol. The molecule has 0 aromatic heterocycles. The van der Waals surface area contributed by atoms with Gasteiger partial charge in [-0.05, 0) is 37.5 Å². The van der Waals surface area contributed by atoms with Crippen LogP contribution in [0.25, 0.3) is 0 Å². The van der Waals surface area contributed by atoms with Crippen LogP contribution in [-0.2, 0) is 23.7 Å². The predicted molar refractivity (Wildman–Crippen MR) is 171 cm³/mol. The van der Waals surface area contributed by atoms with Crippen LogP contribution in [0.3, 0.4) is 0 Å². The second kappa shape index (κ2) is 16.6. The minimum atomic E-state index is -1.14. The number of carbonyl (C=O) groups excluding carboxylic acids is 3. The summed E-state index contributed by atoms with van der Waals surface area (Å²) in [5.74, 6) is -0.576. The first kappa shape index (κ1) is 34.3. The summed E-state index contributed by atoms with van der Waals surface area (Å²) in [6.45, 7) is 7.11. The van der Waals surface area contributed by atoms with E-state index >= 15 is 0 Å². The Labute approximate surface area is 269 Å². The van der Waals surface area contributed by atoms with Crippen molar-refractivity contribution in [3.05, 3.63) is 108 Å². The molecule has 1 aliphatic heterocycles. The van der Waals surface area contributed by atoms with Gasteiger partial charge in [-0.2, -0.15) is 0 Å². The Hall–Kier alpha value is -4.61. The number of nitrogens with one attached hydrogen (secondary N) is 3. The summed E-state index contributed by atoms with van der Waals surface area (Å²) in [7, 11) is 1.39. The fourth-order valence-corrected chi connectivity index (χ4v) is 5.24. The summed E-state index contributed by atoms with van der Waals surface area (Å²) in [6.07, 6.45) is -6.12. The summed E-state index contributed by atoms with van der Waals surface area (Å²) in [5, 5.41) is 8.44. The van der Waals surface area contributed by atoms with Gasteiger partial charge in [-0.1, -0.05) is 97.9 Å². The summed E-state index contributed by atoms with van der Waals surface area (Å²) < 4.78 is 28.9. The third kappa shape index (κ3) is 9.45. The summed E-state index contributed by atoms with van der Waals surface area (Å²) in [5.41, 5.74) is 2.69. The van der Waals surface area contributed by atoms with Crippen LogP contribution >= 0.6 is 0 Å². The molecule has 2 unspecified atom stereocenters. The van der Waals surface area contributed by atoms with Crippen LogP contribution in [0.4, 0.5) is 14.4 Å². The van der Waals surface area contributed by atoms with E-state index in [1.54, 1.807) is 6.92 Å². The second-order valence-corrected chi connectivity index (χ2v) is 11.3. The quantitative estimate of drug-likeness (QED) is 0.213. The number of rotatable bonds is 11. The molecule has 0 saturated carbocycles. The van der Waals surface area contributed by atoms with Crippen molar-refractivity contribution in [2.75, 3.05) is 13.7 Å². The van der Waals surface area contributed by atoms with Crippen molar-refractivity contribution >= 4 is 18.3 Å². The van der Waals surface area contributed by atoms with Crippen molar-refractivity contribution in [1.29, 1.82) is 0 Å². The maximum Gasteiger partial charge on any atom is 0.408 e. The van der Waals surface area contributed by atoms with Crippen LogP contribution in [0.2, 0.25) is 0 Å². The maximum atomic E-state index is 13.2. The third-order valence-corrected chi connectivity index (χ3v) is 8.00. The monoisotopic (exact) mass is 633 g/mol. The summed E-state index contributed by atoms with van der Waals surface area (Å²) in [4.78, 5) is 39.0. The number of methoxy groups -OCH3 is 1. The first-order chi connectivity index (χ1) is 22.2. The predicted octanol–water partition coefficient (Wildman–Crippen LogP) is 6.19. The van der Waals surface area contributed by atoms with Crippen LogP contribution in [0.1, 0.15) is 62.5 Å². The van der Waals surface area contributed by atoms with Crippen LogP contribution < -0.4 is 16.0 Å². The van der Waals surface area contributed by atoms with Gasteiger partial charge in [0.15, 0.2) is 18.5 Å². The lowest BCUT2D eigenvalue weighted by Crippen LogP contribution is -2.59. The standard InChI is InChI=1S/C35H43N3O8/c1-22-29(21-43-33(39)36-23(2)26-15-9-6-10-16-26)44-32(42-5)31(46-35(41)38-25(4)28-19-13-8-14-20-28)30(22)45-34(40)37-24(3)27-17-11-7-12-18-27/h6-20,22-25,29-32H,21H2,1-5H3,(H,36,39)(H,37,40)(H,38,41)/t22-,23+,24-,25-,29?,30+,31?,32-/m1/s1. The van der Waals surface area contributed by atoms with E-state index in [0.29, 0.717) is 0 Å². The highest BCUT2D eigenvalue weighted by Gasteiger charge is 2.49. The van der Waals surface area contributed by atoms with E-state index in [4.69, 9.17) is 23.7 Å². The van der Waals surface area contributed by atoms with Crippen molar-refractivity contribution in [2.24, 2.45) is 5.92 Å². The molecule has 1 fully saturated rings. The molecule has 11 heteroatoms. The Balaban J connectivity index is 1.46. The zero-order valence-electron chi connectivity index (χ0n) is 26.8. The molecule has 0 radical (unpaired) electrons. The molecule has 11 nitrogen and oxygen atoms in total. The molecule has 0 aliphatic carbocycles. The molecule has 246 valence electrons. The highest BCUT2D eigenvalue weighted by molar-refractivity contribution is 5.69. The summed E-state index contributed by atoms with van der Waals surface area (Å²) >= 11 is 0. The lowest BCUT2D eigenvalue weighted by Gasteiger charge is -2.43. The minimum Gasteiger partial charge on any atom is -0.447 e. The maximum absolute atomic E-state index is 13.2. The Bertz CT molecular complexity index is 1390. The molecule has 1 saturated heterocycles. The lowest BCUT2D eigenvalue weighted by molar-refractivity contribution is -0.278. The van der Waals surface area contributed by atoms with Gasteiger partial charge in [0.2, 0.25) is 0 Å². The highest BCUT2D eigenvalue weighted by atomic mass is 16.7. The smallest absolute Gasteiger partial charge is 0.408 e. The topological polar surface area (TPSA) is 133 Å². The van der Waals surface area contributed by atoms with Crippen LogP contribution in [0.5, 0.6) is 0 Å². The van der Waals surface area contributed by atoms with E-state index in [2.05, 4.69) is 16.0 Å². The van der Waals surface area contributed by atoms with Gasteiger partial charge in [0.25, 0.3) is 0 Å². The van der Waals surface area contributed by atoms with Gasteiger partial charge in [0, 0.05) is 13.0 Å². The van der Waals surface area contributed by atoms with E-state index in [1.165, 1.54) is 7.11 Å². The Morgan fingerprint density at radius 3 is 1.46 bits per heavy atom. The van der Waals surface area contributed by atoms with E-state index in [1.807, 2.05) is 112 Å². The molecule has 3 aromatic carbocycles. The average molecular weight is 634 g/mol. The van der Waals surface area contributed by atoms with Crippen LogP contribution in [0.15, 0.2) is 91.0 Å². The number of benzene rings is 3. The van der Waals surface area contributed by atoms with Gasteiger partial charge in [-0.25, -0.2) is 14.4 Å². The fourth-order valence-electron chi connectivity index (χ4n) is 5.24. The van der Waals surface area contributed by atoms with E-state index < -0.39 is 48.8 Å². The normalized spacial score (nSPS) is 22.8. The Morgan fingerprint density at radius 1 is 0.652 bits per heavy atom. The van der Waals surface area contributed by atoms with Crippen molar-refractivity contribution in [3.8, 4) is 0 Å². The van der Waals surface area contributed by atoms with Crippen molar-refractivity contribution in [3.63, 3.8) is 0 Å².